The number of nitrogens with one attached hydrogen (secondary N) is 1. The van der Waals surface area contributed by atoms with E-state index in [9.17, 15) is 4.79 Å². The van der Waals surface area contributed by atoms with Crippen LogP contribution in [0.15, 0.2) is 66.2 Å². The fourth-order valence-electron chi connectivity index (χ4n) is 3.92. The highest BCUT2D eigenvalue weighted by Gasteiger charge is 2.31. The van der Waals surface area contributed by atoms with Gasteiger partial charge in [-0.3, -0.25) is 9.78 Å². The van der Waals surface area contributed by atoms with Gasteiger partial charge in [0.1, 0.15) is 5.75 Å². The second-order valence-electron chi connectivity index (χ2n) is 7.23. The van der Waals surface area contributed by atoms with Crippen LogP contribution in [-0.4, -0.2) is 31.1 Å². The van der Waals surface area contributed by atoms with Crippen molar-refractivity contribution in [2.45, 2.75) is 18.9 Å². The van der Waals surface area contributed by atoms with Crippen LogP contribution >= 0.6 is 11.3 Å². The molecule has 3 heterocycles. The number of carbonyl (C=O) groups is 1. The normalized spacial score (nSPS) is 17.6. The number of piperidine rings is 1. The molecule has 2 atom stereocenters. The van der Waals surface area contributed by atoms with Crippen LogP contribution in [0.2, 0.25) is 0 Å². The van der Waals surface area contributed by atoms with Crippen LogP contribution < -0.4 is 15.0 Å². The van der Waals surface area contributed by atoms with Crippen molar-refractivity contribution in [1.82, 2.24) is 10.3 Å². The van der Waals surface area contributed by atoms with E-state index in [1.165, 1.54) is 17.0 Å². The summed E-state index contributed by atoms with van der Waals surface area (Å²) in [6, 6.07) is 17.7. The van der Waals surface area contributed by atoms with Crippen molar-refractivity contribution in [3.63, 3.8) is 0 Å². The Hall–Kier alpha value is -2.86. The Morgan fingerprint density at radius 3 is 2.76 bits per heavy atom. The first kappa shape index (κ1) is 19.5. The van der Waals surface area contributed by atoms with Crippen molar-refractivity contribution < 1.29 is 9.53 Å². The number of anilines is 1. The van der Waals surface area contributed by atoms with Crippen LogP contribution in [0.3, 0.4) is 0 Å². The van der Waals surface area contributed by atoms with Gasteiger partial charge in [0.15, 0.2) is 0 Å². The molecular weight excluding hydrogens is 382 g/mol. The van der Waals surface area contributed by atoms with Gasteiger partial charge in [-0.25, -0.2) is 0 Å². The summed E-state index contributed by atoms with van der Waals surface area (Å²) >= 11 is 1.46. The van der Waals surface area contributed by atoms with E-state index in [4.69, 9.17) is 4.74 Å². The van der Waals surface area contributed by atoms with Crippen molar-refractivity contribution in [3.8, 4) is 5.75 Å². The number of hydrogen-bond donors (Lipinski definition) is 1. The lowest BCUT2D eigenvalue weighted by atomic mass is 9.88. The summed E-state index contributed by atoms with van der Waals surface area (Å²) in [7, 11) is 1.68. The smallest absolute Gasteiger partial charge is 0.261 e. The number of benzene rings is 1. The zero-order valence-corrected chi connectivity index (χ0v) is 17.3. The molecule has 1 aliphatic rings. The number of thiophene rings is 1. The Bertz CT molecular complexity index is 913. The number of rotatable bonds is 6. The van der Waals surface area contributed by atoms with Crippen LogP contribution in [0.1, 0.15) is 34.2 Å². The lowest BCUT2D eigenvalue weighted by molar-refractivity contribution is 0.0920. The number of ether oxygens (including phenoxy) is 1. The molecule has 0 aliphatic carbocycles. The van der Waals surface area contributed by atoms with Gasteiger partial charge in [-0.1, -0.05) is 12.1 Å². The van der Waals surface area contributed by atoms with E-state index >= 15 is 0 Å². The number of pyridine rings is 1. The van der Waals surface area contributed by atoms with E-state index in [1.54, 1.807) is 13.3 Å². The van der Waals surface area contributed by atoms with Gasteiger partial charge in [-0.2, -0.15) is 0 Å². The van der Waals surface area contributed by atoms with Crippen molar-refractivity contribution in [2.24, 2.45) is 5.92 Å². The summed E-state index contributed by atoms with van der Waals surface area (Å²) < 4.78 is 5.28. The zero-order valence-electron chi connectivity index (χ0n) is 16.5. The van der Waals surface area contributed by atoms with Gasteiger partial charge in [0.2, 0.25) is 0 Å². The number of amides is 1. The minimum Gasteiger partial charge on any atom is -0.497 e. The predicted octanol–water partition coefficient (Wildman–Crippen LogP) is 4.54. The summed E-state index contributed by atoms with van der Waals surface area (Å²) in [6.45, 7) is 1.88. The Labute approximate surface area is 175 Å². The highest BCUT2D eigenvalue weighted by molar-refractivity contribution is 7.12. The van der Waals surface area contributed by atoms with Crippen molar-refractivity contribution in [1.29, 1.82) is 0 Å². The zero-order chi connectivity index (χ0) is 20.1. The summed E-state index contributed by atoms with van der Waals surface area (Å²) in [5.74, 6) is 1.11. The second-order valence-corrected chi connectivity index (χ2v) is 8.18. The van der Waals surface area contributed by atoms with Crippen LogP contribution in [-0.2, 0) is 0 Å². The second kappa shape index (κ2) is 9.09. The Kier molecular flexibility index (Phi) is 6.10. The predicted molar refractivity (Wildman–Crippen MR) is 117 cm³/mol. The van der Waals surface area contributed by atoms with Crippen LogP contribution in [0.25, 0.3) is 0 Å². The first-order valence-corrected chi connectivity index (χ1v) is 10.8. The average Bonchev–Trinajstić information content (AvgIpc) is 3.33. The fraction of sp³-hybridized carbons (Fsp3) is 0.304. The van der Waals surface area contributed by atoms with Gasteiger partial charge < -0.3 is 15.0 Å². The third kappa shape index (κ3) is 4.59. The molecule has 6 heteroatoms. The lowest BCUT2D eigenvalue weighted by Crippen LogP contribution is -2.43. The van der Waals surface area contributed by atoms with Gasteiger partial charge in [0.25, 0.3) is 5.91 Å². The van der Waals surface area contributed by atoms with Crippen molar-refractivity contribution >= 4 is 22.9 Å². The molecule has 0 spiro atoms. The largest absolute Gasteiger partial charge is 0.497 e. The molecule has 150 valence electrons. The van der Waals surface area contributed by atoms with E-state index < -0.39 is 0 Å². The number of hydrogen-bond acceptors (Lipinski definition) is 5. The molecular formula is C23H25N3O2S. The number of aromatic nitrogens is 1. The van der Waals surface area contributed by atoms with Crippen LogP contribution in [0, 0.1) is 5.92 Å². The molecule has 1 fully saturated rings. The standard InChI is InChI=1S/C23H25N3O2S/c1-28-19-11-9-18(10-12-19)26-14-4-6-17(16-26)22(20-7-2-3-13-24-20)25-23(27)21-8-5-15-29-21/h2-3,5,7-13,15,17,22H,4,6,14,16H2,1H3,(H,25,27)/t17-,22+/m1/s1. The number of carbonyl (C=O) groups excluding carboxylic acids is 1. The molecule has 5 nitrogen and oxygen atoms in total. The molecule has 0 unspecified atom stereocenters. The molecule has 0 radical (unpaired) electrons. The topological polar surface area (TPSA) is 54.5 Å². The maximum absolute atomic E-state index is 12.8. The van der Waals surface area contributed by atoms with Crippen molar-refractivity contribution in [2.75, 3.05) is 25.1 Å². The van der Waals surface area contributed by atoms with E-state index in [1.807, 2.05) is 47.8 Å². The summed E-state index contributed by atoms with van der Waals surface area (Å²) in [5, 5.41) is 5.19. The monoisotopic (exact) mass is 407 g/mol. The SMILES string of the molecule is COc1ccc(N2CCC[C@@H]([C@H](NC(=O)c3cccs3)c3ccccn3)C2)cc1. The average molecular weight is 408 g/mol. The maximum Gasteiger partial charge on any atom is 0.261 e. The van der Waals surface area contributed by atoms with E-state index in [0.29, 0.717) is 0 Å². The Morgan fingerprint density at radius 1 is 1.21 bits per heavy atom. The molecule has 1 amide bonds. The third-order valence-corrected chi connectivity index (χ3v) is 6.27. The molecule has 1 aliphatic heterocycles. The number of nitrogens with zero attached hydrogens (tertiary/aromatic N) is 2. The highest BCUT2D eigenvalue weighted by atomic mass is 32.1. The van der Waals surface area contributed by atoms with Crippen LogP contribution in [0.4, 0.5) is 5.69 Å². The molecule has 4 rings (SSSR count). The number of methoxy groups -OCH3 is 1. The van der Waals surface area contributed by atoms with E-state index in [2.05, 4.69) is 27.3 Å². The summed E-state index contributed by atoms with van der Waals surface area (Å²) in [6.07, 6.45) is 3.93. The maximum atomic E-state index is 12.8. The molecule has 0 bridgehead atoms. The first-order chi connectivity index (χ1) is 14.2. The quantitative estimate of drug-likeness (QED) is 0.652. The summed E-state index contributed by atoms with van der Waals surface area (Å²) in [5.41, 5.74) is 2.10. The molecule has 1 saturated heterocycles. The molecule has 1 aromatic carbocycles. The van der Waals surface area contributed by atoms with Gasteiger partial charge in [-0.15, -0.1) is 11.3 Å². The Balaban J connectivity index is 1.55. The minimum absolute atomic E-state index is 0.0303. The summed E-state index contributed by atoms with van der Waals surface area (Å²) in [4.78, 5) is 20.5. The van der Waals surface area contributed by atoms with E-state index in [-0.39, 0.29) is 17.9 Å². The first-order valence-electron chi connectivity index (χ1n) is 9.89. The molecule has 3 aromatic rings. The van der Waals surface area contributed by atoms with Gasteiger partial charge in [-0.05, 0) is 60.7 Å². The van der Waals surface area contributed by atoms with E-state index in [0.717, 1.165) is 42.3 Å². The van der Waals surface area contributed by atoms with Crippen molar-refractivity contribution in [3.05, 3.63) is 76.7 Å². The lowest BCUT2D eigenvalue weighted by Gasteiger charge is -2.38. The molecule has 29 heavy (non-hydrogen) atoms. The van der Waals surface area contributed by atoms with Gasteiger partial charge >= 0.3 is 0 Å². The van der Waals surface area contributed by atoms with Crippen LogP contribution in [0.5, 0.6) is 5.75 Å². The molecule has 0 saturated carbocycles. The minimum atomic E-state index is -0.119. The van der Waals surface area contributed by atoms with Gasteiger partial charge in [0.05, 0.1) is 23.7 Å². The molecule has 2 aromatic heterocycles. The third-order valence-electron chi connectivity index (χ3n) is 5.40. The van der Waals surface area contributed by atoms with Gasteiger partial charge in [0, 0.05) is 30.9 Å². The Morgan fingerprint density at radius 2 is 2.07 bits per heavy atom. The fourth-order valence-corrected chi connectivity index (χ4v) is 4.55. The molecule has 1 N–H and O–H groups in total. The highest BCUT2D eigenvalue weighted by Crippen LogP contribution is 2.32.